The van der Waals surface area contributed by atoms with Crippen molar-refractivity contribution < 1.29 is 27.8 Å². The van der Waals surface area contributed by atoms with Crippen LogP contribution in [0.3, 0.4) is 0 Å². The number of likely N-dealkylation sites (tertiary alicyclic amines) is 1. The Morgan fingerprint density at radius 2 is 2.13 bits per heavy atom. The van der Waals surface area contributed by atoms with E-state index in [0.717, 1.165) is 12.0 Å². The molecule has 0 amide bonds. The van der Waals surface area contributed by atoms with Crippen LogP contribution in [0.5, 0.6) is 5.75 Å². The number of alkyl halides is 3. The van der Waals surface area contributed by atoms with Crippen molar-refractivity contribution in [2.24, 2.45) is 11.8 Å². The fraction of sp³-hybridized carbons (Fsp3) is 0.562. The van der Waals surface area contributed by atoms with E-state index in [2.05, 4.69) is 0 Å². The molecule has 23 heavy (non-hydrogen) atoms. The third kappa shape index (κ3) is 4.60. The highest BCUT2D eigenvalue weighted by molar-refractivity contribution is 5.71. The molecular formula is C16H20F3NO3. The maximum Gasteiger partial charge on any atom is 0.393 e. The topological polar surface area (TPSA) is 49.8 Å². The number of carboxylic acid groups (broad SMARTS) is 1. The lowest BCUT2D eigenvalue weighted by atomic mass is 9.96. The van der Waals surface area contributed by atoms with Gasteiger partial charge in [0.15, 0.2) is 0 Å². The van der Waals surface area contributed by atoms with E-state index < -0.39 is 24.0 Å². The second-order valence-electron chi connectivity index (χ2n) is 5.70. The molecule has 4 nitrogen and oxygen atoms in total. The fourth-order valence-electron chi connectivity index (χ4n) is 2.80. The van der Waals surface area contributed by atoms with Crippen LogP contribution in [0.1, 0.15) is 12.5 Å². The van der Waals surface area contributed by atoms with Gasteiger partial charge in [-0.3, -0.25) is 9.69 Å². The van der Waals surface area contributed by atoms with Crippen LogP contribution in [-0.2, 0) is 11.2 Å². The normalized spacial score (nSPS) is 22.3. The number of aryl methyl sites for hydroxylation is 1. The van der Waals surface area contributed by atoms with Gasteiger partial charge in [-0.05, 0) is 24.1 Å². The van der Waals surface area contributed by atoms with Gasteiger partial charge >= 0.3 is 12.1 Å². The number of carboxylic acids is 1. The van der Waals surface area contributed by atoms with Crippen molar-refractivity contribution in [1.82, 2.24) is 4.90 Å². The molecule has 0 radical (unpaired) electrons. The number of rotatable bonds is 6. The van der Waals surface area contributed by atoms with Crippen molar-refractivity contribution in [2.45, 2.75) is 19.5 Å². The molecule has 1 aromatic rings. The van der Waals surface area contributed by atoms with Gasteiger partial charge in [-0.1, -0.05) is 19.1 Å². The first-order chi connectivity index (χ1) is 10.8. The Bertz CT molecular complexity index is 548. The lowest BCUT2D eigenvalue weighted by Gasteiger charge is -2.18. The minimum atomic E-state index is -4.49. The first-order valence-corrected chi connectivity index (χ1v) is 7.55. The van der Waals surface area contributed by atoms with E-state index in [1.165, 1.54) is 4.90 Å². The molecule has 2 rings (SSSR count). The van der Waals surface area contributed by atoms with E-state index >= 15 is 0 Å². The van der Waals surface area contributed by atoms with Crippen molar-refractivity contribution in [2.75, 3.05) is 26.2 Å². The first kappa shape index (κ1) is 17.6. The molecule has 1 fully saturated rings. The molecule has 0 unspecified atom stereocenters. The maximum absolute atomic E-state index is 12.9. The lowest BCUT2D eigenvalue weighted by molar-refractivity contribution is -0.188. The molecule has 128 valence electrons. The van der Waals surface area contributed by atoms with E-state index in [0.29, 0.717) is 5.75 Å². The Kier molecular flexibility index (Phi) is 5.51. The summed E-state index contributed by atoms with van der Waals surface area (Å²) in [4.78, 5) is 12.5. The van der Waals surface area contributed by atoms with Crippen molar-refractivity contribution in [3.05, 3.63) is 29.8 Å². The number of halogens is 3. The molecule has 1 aliphatic rings. The van der Waals surface area contributed by atoms with Crippen molar-refractivity contribution >= 4 is 5.97 Å². The number of nitrogens with zero attached hydrogens (tertiary/aromatic N) is 1. The van der Waals surface area contributed by atoms with Crippen LogP contribution >= 0.6 is 0 Å². The summed E-state index contributed by atoms with van der Waals surface area (Å²) in [5.74, 6) is -3.95. The molecule has 0 spiro atoms. The third-order valence-electron chi connectivity index (χ3n) is 4.12. The summed E-state index contributed by atoms with van der Waals surface area (Å²) in [7, 11) is 0. The molecule has 0 aromatic heterocycles. The van der Waals surface area contributed by atoms with Crippen LogP contribution in [0, 0.1) is 11.8 Å². The maximum atomic E-state index is 12.9. The number of hydrogen-bond donors (Lipinski definition) is 1. The molecule has 1 saturated heterocycles. The van der Waals surface area contributed by atoms with Gasteiger partial charge in [0.05, 0.1) is 11.8 Å². The largest absolute Gasteiger partial charge is 0.492 e. The van der Waals surface area contributed by atoms with E-state index in [1.54, 1.807) is 6.07 Å². The molecule has 0 saturated carbocycles. The Balaban J connectivity index is 1.88. The number of benzene rings is 1. The molecule has 0 bridgehead atoms. The third-order valence-corrected chi connectivity index (χ3v) is 4.12. The summed E-state index contributed by atoms with van der Waals surface area (Å²) in [5, 5.41) is 8.97. The smallest absolute Gasteiger partial charge is 0.393 e. The minimum Gasteiger partial charge on any atom is -0.492 e. The predicted molar refractivity (Wildman–Crippen MR) is 78.4 cm³/mol. The van der Waals surface area contributed by atoms with Gasteiger partial charge in [-0.25, -0.2) is 0 Å². The van der Waals surface area contributed by atoms with E-state index in [4.69, 9.17) is 9.84 Å². The SMILES string of the molecule is CCc1cccc(OCCN2C[C@@H](C(F)(F)F)[C@H](C(=O)O)C2)c1. The zero-order valence-electron chi connectivity index (χ0n) is 12.8. The highest BCUT2D eigenvalue weighted by atomic mass is 19.4. The quantitative estimate of drug-likeness (QED) is 0.871. The minimum absolute atomic E-state index is 0.0993. The second-order valence-corrected chi connectivity index (χ2v) is 5.70. The standard InChI is InChI=1S/C16H20F3NO3/c1-2-11-4-3-5-12(8-11)23-7-6-20-9-13(15(21)22)14(10-20)16(17,18)19/h3-5,8,13-14H,2,6-7,9-10H2,1H3,(H,21,22)/t13-,14-/m1/s1. The van der Waals surface area contributed by atoms with Crippen molar-refractivity contribution in [3.8, 4) is 5.75 Å². The molecule has 1 aliphatic heterocycles. The van der Waals surface area contributed by atoms with Crippen molar-refractivity contribution in [1.29, 1.82) is 0 Å². The van der Waals surface area contributed by atoms with Gasteiger partial charge in [-0.15, -0.1) is 0 Å². The summed E-state index contributed by atoms with van der Waals surface area (Å²) < 4.78 is 44.2. The zero-order chi connectivity index (χ0) is 17.0. The summed E-state index contributed by atoms with van der Waals surface area (Å²) in [5.41, 5.74) is 1.12. The van der Waals surface area contributed by atoms with Gasteiger partial charge < -0.3 is 9.84 Å². The number of carbonyl (C=O) groups is 1. The summed E-state index contributed by atoms with van der Waals surface area (Å²) >= 11 is 0. The Labute approximate surface area is 132 Å². The van der Waals surface area contributed by atoms with Gasteiger partial charge in [0.2, 0.25) is 0 Å². The molecule has 1 N–H and O–H groups in total. The lowest BCUT2D eigenvalue weighted by Crippen LogP contribution is -2.33. The summed E-state index contributed by atoms with van der Waals surface area (Å²) in [6.45, 7) is 2.13. The van der Waals surface area contributed by atoms with E-state index in [-0.39, 0.29) is 26.2 Å². The van der Waals surface area contributed by atoms with Crippen molar-refractivity contribution in [3.63, 3.8) is 0 Å². The number of ether oxygens (including phenoxy) is 1. The van der Waals surface area contributed by atoms with Crippen LogP contribution in [0.25, 0.3) is 0 Å². The summed E-state index contributed by atoms with van der Waals surface area (Å²) in [6.07, 6.45) is -3.62. The van der Waals surface area contributed by atoms with Gasteiger partial charge in [-0.2, -0.15) is 13.2 Å². The monoisotopic (exact) mass is 331 g/mol. The Hall–Kier alpha value is -1.76. The number of aliphatic carboxylic acids is 1. The van der Waals surface area contributed by atoms with Crippen LogP contribution in [-0.4, -0.2) is 48.4 Å². The first-order valence-electron chi connectivity index (χ1n) is 7.55. The predicted octanol–water partition coefficient (Wildman–Crippen LogP) is 2.82. The Morgan fingerprint density at radius 3 is 2.70 bits per heavy atom. The molecular weight excluding hydrogens is 311 g/mol. The van der Waals surface area contributed by atoms with Gasteiger partial charge in [0.1, 0.15) is 12.4 Å². The van der Waals surface area contributed by atoms with E-state index in [1.807, 2.05) is 25.1 Å². The molecule has 7 heteroatoms. The second kappa shape index (κ2) is 7.21. The molecule has 2 atom stereocenters. The fourth-order valence-corrected chi connectivity index (χ4v) is 2.80. The van der Waals surface area contributed by atoms with Crippen LogP contribution in [0.15, 0.2) is 24.3 Å². The van der Waals surface area contributed by atoms with Crippen LogP contribution in [0.2, 0.25) is 0 Å². The zero-order valence-corrected chi connectivity index (χ0v) is 12.8. The highest BCUT2D eigenvalue weighted by Gasteiger charge is 2.52. The molecule has 1 heterocycles. The van der Waals surface area contributed by atoms with Crippen LogP contribution < -0.4 is 4.74 Å². The molecule has 1 aromatic carbocycles. The Morgan fingerprint density at radius 1 is 1.39 bits per heavy atom. The average molecular weight is 331 g/mol. The van der Waals surface area contributed by atoms with Gasteiger partial charge in [0, 0.05) is 19.6 Å². The highest BCUT2D eigenvalue weighted by Crippen LogP contribution is 2.37. The van der Waals surface area contributed by atoms with E-state index in [9.17, 15) is 18.0 Å². The van der Waals surface area contributed by atoms with Crippen LogP contribution in [0.4, 0.5) is 13.2 Å². The molecule has 0 aliphatic carbocycles. The van der Waals surface area contributed by atoms with Gasteiger partial charge in [0.25, 0.3) is 0 Å². The number of hydrogen-bond acceptors (Lipinski definition) is 3. The summed E-state index contributed by atoms with van der Waals surface area (Å²) in [6, 6.07) is 7.52. The average Bonchev–Trinajstić information content (AvgIpc) is 2.92.